The van der Waals surface area contributed by atoms with Crippen molar-refractivity contribution < 1.29 is 64.0 Å². The topological polar surface area (TPSA) is 265 Å². The van der Waals surface area contributed by atoms with E-state index in [-0.39, 0.29) is 84.8 Å². The molecular weight excluding hydrogens is 646 g/mol. The molecule has 2 atom stereocenters. The third-order valence-corrected chi connectivity index (χ3v) is 9.23. The van der Waals surface area contributed by atoms with E-state index in [1.165, 1.54) is 21.3 Å². The summed E-state index contributed by atoms with van der Waals surface area (Å²) in [6.45, 7) is -2.65. The van der Waals surface area contributed by atoms with Gasteiger partial charge in [-0.3, -0.25) is 19.2 Å². The van der Waals surface area contributed by atoms with E-state index in [1.807, 2.05) is 0 Å². The molecule has 0 aliphatic heterocycles. The summed E-state index contributed by atoms with van der Waals surface area (Å²) in [5, 5.41) is 65.1. The fraction of sp³-hybridized carbons (Fsp3) is 0.333. The van der Waals surface area contributed by atoms with Crippen LogP contribution in [0.4, 0.5) is 0 Å². The Hall–Kier alpha value is -5.10. The molecule has 6 rings (SSSR count). The van der Waals surface area contributed by atoms with Crippen molar-refractivity contribution in [2.45, 2.75) is 50.5 Å². The number of aliphatic hydroxyl groups excluding tert-OH is 4. The molecule has 49 heavy (non-hydrogen) atoms. The molecule has 0 radical (unpaired) electrons. The number of Topliss-reactive ketones (excluding diaryl/α,β-unsaturated/α-hetero) is 3. The number of hydrogen-bond donors (Lipinski definition) is 9. The minimum atomic E-state index is -2.20. The van der Waals surface area contributed by atoms with Gasteiger partial charge in [0.05, 0.1) is 81.5 Å². The molecule has 0 saturated carbocycles. The van der Waals surface area contributed by atoms with Crippen molar-refractivity contribution in [2.75, 3.05) is 21.3 Å². The summed E-state index contributed by atoms with van der Waals surface area (Å²) in [4.78, 5) is 61.8. The molecule has 0 spiro atoms. The van der Waals surface area contributed by atoms with E-state index < -0.39 is 73.6 Å². The Morgan fingerprint density at radius 2 is 0.980 bits per heavy atom. The molecular formula is C33H33N3O13. The molecule has 0 amide bonds. The molecule has 3 aromatic heterocycles. The Kier molecular flexibility index (Phi) is 8.34. The maximum Gasteiger partial charge on any atom is 0.230 e. The lowest BCUT2D eigenvalue weighted by Crippen LogP contribution is -2.37. The number of fused-ring (bicyclic) bond motifs is 3. The van der Waals surface area contributed by atoms with Crippen molar-refractivity contribution >= 4 is 23.1 Å². The second-order valence-corrected chi connectivity index (χ2v) is 11.8. The van der Waals surface area contributed by atoms with Gasteiger partial charge in [0.15, 0.2) is 17.3 Å². The van der Waals surface area contributed by atoms with Crippen LogP contribution in [-0.4, -0.2) is 90.1 Å². The Morgan fingerprint density at radius 1 is 0.571 bits per heavy atom. The average Bonchev–Trinajstić information content (AvgIpc) is 3.78. The summed E-state index contributed by atoms with van der Waals surface area (Å²) >= 11 is 0. The first-order valence-corrected chi connectivity index (χ1v) is 14.9. The standard InChI is InChI=1S/C33H33N3O13/c1-47-20-4-19(41)26-23(27(20)42)13(16(10-38)34-26)5-32(45)7-21(48-2)28(43)24-14(17(11-39)35-30(24)32)6-33(46)8-22(49-3)29(44)25-15(9-37)18(12-40)36-31(25)33/h4,7-8,34-40,45-46H,5-6,9-12H2,1-3H3. The summed E-state index contributed by atoms with van der Waals surface area (Å²) in [5.74, 6) is -3.58. The second kappa shape index (κ2) is 12.1. The van der Waals surface area contributed by atoms with Gasteiger partial charge >= 0.3 is 0 Å². The third-order valence-electron chi connectivity index (χ3n) is 9.23. The highest BCUT2D eigenvalue weighted by Crippen LogP contribution is 2.45. The first kappa shape index (κ1) is 33.8. The van der Waals surface area contributed by atoms with E-state index in [1.54, 1.807) is 0 Å². The number of carbonyl (C=O) groups is 4. The molecule has 3 aliphatic carbocycles. The lowest BCUT2D eigenvalue weighted by Gasteiger charge is -2.32. The van der Waals surface area contributed by atoms with Crippen LogP contribution in [0.3, 0.4) is 0 Å². The fourth-order valence-electron chi connectivity index (χ4n) is 6.94. The highest BCUT2D eigenvalue weighted by Gasteiger charge is 2.48. The molecule has 3 aliphatic rings. The fourth-order valence-corrected chi connectivity index (χ4v) is 6.94. The van der Waals surface area contributed by atoms with Crippen molar-refractivity contribution in [3.8, 4) is 0 Å². The van der Waals surface area contributed by atoms with Crippen LogP contribution in [-0.2, 0) is 64.7 Å². The van der Waals surface area contributed by atoms with Crippen molar-refractivity contribution in [1.82, 2.24) is 15.0 Å². The molecule has 258 valence electrons. The minimum absolute atomic E-state index is 0.00701. The Bertz CT molecular complexity index is 2040. The Labute approximate surface area is 277 Å². The zero-order valence-electron chi connectivity index (χ0n) is 26.5. The number of aromatic nitrogens is 3. The number of nitrogens with one attached hydrogen (secondary N) is 3. The predicted octanol–water partition coefficient (Wildman–Crippen LogP) is -0.137. The summed E-state index contributed by atoms with van der Waals surface area (Å²) in [6.07, 6.45) is 2.21. The van der Waals surface area contributed by atoms with Crippen molar-refractivity contribution in [2.24, 2.45) is 0 Å². The summed E-state index contributed by atoms with van der Waals surface area (Å²) < 4.78 is 15.7. The SMILES string of the molecule is COC1=CC(=O)c2[nH]c(CO)c(CC3(O)C=C(OC)C(=O)c4c3[nH]c(CO)c4CC3(O)C=C(OC)C(=O)c4c3[nH]c(CO)c4CO)c2C1=O. The van der Waals surface area contributed by atoms with Crippen LogP contribution in [0.25, 0.3) is 0 Å². The van der Waals surface area contributed by atoms with Gasteiger partial charge < -0.3 is 59.8 Å². The number of carbonyl (C=O) groups excluding carboxylic acids is 4. The van der Waals surface area contributed by atoms with Crippen molar-refractivity contribution in [1.29, 1.82) is 0 Å². The van der Waals surface area contributed by atoms with Crippen LogP contribution in [0, 0.1) is 0 Å². The van der Waals surface area contributed by atoms with Gasteiger partial charge in [0.1, 0.15) is 11.2 Å². The number of rotatable bonds is 11. The molecule has 16 heteroatoms. The molecule has 16 nitrogen and oxygen atoms in total. The first-order chi connectivity index (χ1) is 23.3. The van der Waals surface area contributed by atoms with Crippen LogP contribution >= 0.6 is 0 Å². The lowest BCUT2D eigenvalue weighted by atomic mass is 9.77. The van der Waals surface area contributed by atoms with Gasteiger partial charge in [-0.15, -0.1) is 0 Å². The highest BCUT2D eigenvalue weighted by atomic mass is 16.5. The van der Waals surface area contributed by atoms with Crippen LogP contribution in [0.2, 0.25) is 0 Å². The summed E-state index contributed by atoms with van der Waals surface area (Å²) in [6, 6.07) is 0. The molecule has 0 bridgehead atoms. The monoisotopic (exact) mass is 679 g/mol. The van der Waals surface area contributed by atoms with E-state index in [4.69, 9.17) is 14.2 Å². The molecule has 2 unspecified atom stereocenters. The number of ether oxygens (including phenoxy) is 3. The molecule has 0 saturated heterocycles. The highest BCUT2D eigenvalue weighted by molar-refractivity contribution is 6.24. The van der Waals surface area contributed by atoms with Crippen molar-refractivity contribution in [3.05, 3.63) is 103 Å². The second-order valence-electron chi connectivity index (χ2n) is 11.8. The van der Waals surface area contributed by atoms with Gasteiger partial charge in [0, 0.05) is 41.6 Å². The van der Waals surface area contributed by atoms with Gasteiger partial charge in [-0.05, 0) is 23.3 Å². The zero-order valence-corrected chi connectivity index (χ0v) is 26.5. The molecule has 9 N–H and O–H groups in total. The quantitative estimate of drug-likeness (QED) is 0.128. The third kappa shape index (κ3) is 4.91. The average molecular weight is 680 g/mol. The Morgan fingerprint density at radius 3 is 1.43 bits per heavy atom. The number of hydrogen-bond acceptors (Lipinski definition) is 13. The number of aromatic amines is 3. The van der Waals surface area contributed by atoms with E-state index in [0.717, 1.165) is 18.2 Å². The maximum absolute atomic E-state index is 13.9. The summed E-state index contributed by atoms with van der Waals surface area (Å²) in [7, 11) is 3.61. The first-order valence-electron chi connectivity index (χ1n) is 14.9. The molecule has 0 fully saturated rings. The zero-order chi connectivity index (χ0) is 35.6. The van der Waals surface area contributed by atoms with Gasteiger partial charge in [-0.25, -0.2) is 0 Å². The van der Waals surface area contributed by atoms with Crippen LogP contribution in [0.1, 0.15) is 86.7 Å². The number of aliphatic hydroxyl groups is 6. The number of H-pyrrole nitrogens is 3. The van der Waals surface area contributed by atoms with E-state index in [2.05, 4.69) is 15.0 Å². The Balaban J connectivity index is 1.53. The lowest BCUT2D eigenvalue weighted by molar-refractivity contribution is 0.0633. The molecule has 3 heterocycles. The smallest absolute Gasteiger partial charge is 0.230 e. The van der Waals surface area contributed by atoms with E-state index in [9.17, 15) is 49.8 Å². The minimum Gasteiger partial charge on any atom is -0.493 e. The number of methoxy groups -OCH3 is 3. The van der Waals surface area contributed by atoms with Crippen LogP contribution in [0.5, 0.6) is 0 Å². The maximum atomic E-state index is 13.9. The van der Waals surface area contributed by atoms with Gasteiger partial charge in [0.25, 0.3) is 0 Å². The normalized spacial score (nSPS) is 21.5. The summed E-state index contributed by atoms with van der Waals surface area (Å²) in [5.41, 5.74) is -5.02. The molecule has 3 aromatic rings. The van der Waals surface area contributed by atoms with E-state index in [0.29, 0.717) is 0 Å². The largest absolute Gasteiger partial charge is 0.493 e. The van der Waals surface area contributed by atoms with Gasteiger partial charge in [-0.1, -0.05) is 0 Å². The van der Waals surface area contributed by atoms with Crippen LogP contribution < -0.4 is 0 Å². The predicted molar refractivity (Wildman–Crippen MR) is 164 cm³/mol. The van der Waals surface area contributed by atoms with Gasteiger partial charge in [-0.2, -0.15) is 0 Å². The van der Waals surface area contributed by atoms with E-state index >= 15 is 0 Å². The molecule has 0 aromatic carbocycles. The van der Waals surface area contributed by atoms with Crippen molar-refractivity contribution in [3.63, 3.8) is 0 Å². The number of allylic oxidation sites excluding steroid dienone is 4. The van der Waals surface area contributed by atoms with Gasteiger partial charge in [0.2, 0.25) is 23.1 Å². The number of ketones is 4. The van der Waals surface area contributed by atoms with Crippen LogP contribution in [0.15, 0.2) is 35.5 Å².